The molecule has 2 aromatic heterocycles. The van der Waals surface area contributed by atoms with Gasteiger partial charge < -0.3 is 9.15 Å². The number of aryl methyl sites for hydroxylation is 1. The molecular weight excluding hydrogens is 361 g/mol. The van der Waals surface area contributed by atoms with Crippen molar-refractivity contribution in [2.45, 2.75) is 13.5 Å². The first-order valence-electron chi connectivity index (χ1n) is 7.60. The second-order valence-electron chi connectivity index (χ2n) is 5.46. The lowest BCUT2D eigenvalue weighted by Crippen LogP contribution is -1.98. The van der Waals surface area contributed by atoms with Crippen LogP contribution < -0.4 is 4.74 Å². The van der Waals surface area contributed by atoms with Gasteiger partial charge in [0.1, 0.15) is 12.4 Å². The molecule has 5 nitrogen and oxygen atoms in total. The van der Waals surface area contributed by atoms with Crippen molar-refractivity contribution in [3.8, 4) is 17.1 Å². The first-order chi connectivity index (χ1) is 12.1. The van der Waals surface area contributed by atoms with Gasteiger partial charge in [0.2, 0.25) is 0 Å². The van der Waals surface area contributed by atoms with Gasteiger partial charge in [-0.1, -0.05) is 35.3 Å². The molecule has 0 radical (unpaired) electrons. The van der Waals surface area contributed by atoms with E-state index >= 15 is 0 Å². The van der Waals surface area contributed by atoms with Crippen LogP contribution in [0.4, 0.5) is 0 Å². The molecule has 0 bridgehead atoms. The van der Waals surface area contributed by atoms with E-state index in [-0.39, 0.29) is 6.61 Å². The Hall–Kier alpha value is -2.50. The molecule has 25 heavy (non-hydrogen) atoms. The Morgan fingerprint density at radius 3 is 2.56 bits per heavy atom. The van der Waals surface area contributed by atoms with E-state index in [0.717, 1.165) is 11.3 Å². The van der Waals surface area contributed by atoms with E-state index in [2.05, 4.69) is 10.1 Å². The number of aromatic nitrogens is 3. The first-order valence-corrected chi connectivity index (χ1v) is 8.36. The van der Waals surface area contributed by atoms with Gasteiger partial charge in [0.05, 0.1) is 10.7 Å². The maximum absolute atomic E-state index is 6.20. The van der Waals surface area contributed by atoms with Gasteiger partial charge in [-0.15, -0.1) is 5.10 Å². The van der Waals surface area contributed by atoms with Crippen LogP contribution in [0.1, 0.15) is 11.5 Å². The Bertz CT molecular complexity index is 1040. The van der Waals surface area contributed by atoms with E-state index in [1.807, 2.05) is 25.1 Å². The topological polar surface area (TPSA) is 52.6 Å². The summed E-state index contributed by atoms with van der Waals surface area (Å²) in [6.45, 7) is 2.18. The van der Waals surface area contributed by atoms with Gasteiger partial charge in [0.15, 0.2) is 11.6 Å². The first kappa shape index (κ1) is 16.0. The van der Waals surface area contributed by atoms with Crippen LogP contribution in [-0.4, -0.2) is 14.6 Å². The smallest absolute Gasteiger partial charge is 0.325 e. The molecule has 7 heteroatoms. The van der Waals surface area contributed by atoms with E-state index in [1.165, 1.54) is 0 Å². The number of hydrogen-bond donors (Lipinski definition) is 0. The van der Waals surface area contributed by atoms with Crippen molar-refractivity contribution >= 4 is 29.0 Å². The molecule has 2 aromatic carbocycles. The molecule has 4 aromatic rings. The molecule has 2 heterocycles. The zero-order valence-electron chi connectivity index (χ0n) is 13.2. The van der Waals surface area contributed by atoms with Crippen LogP contribution in [0.5, 0.6) is 5.75 Å². The molecule has 0 aliphatic heterocycles. The Morgan fingerprint density at radius 2 is 1.84 bits per heavy atom. The molecular formula is C18H13Cl2N3O2. The molecule has 0 spiro atoms. The van der Waals surface area contributed by atoms with Gasteiger partial charge >= 0.3 is 5.84 Å². The number of nitrogens with zero attached hydrogens (tertiary/aromatic N) is 3. The molecule has 126 valence electrons. The highest BCUT2D eigenvalue weighted by atomic mass is 35.5. The summed E-state index contributed by atoms with van der Waals surface area (Å²) < 4.78 is 13.2. The van der Waals surface area contributed by atoms with Gasteiger partial charge in [-0.25, -0.2) is 0 Å². The number of oxazole rings is 1. The zero-order valence-corrected chi connectivity index (χ0v) is 14.8. The highest BCUT2D eigenvalue weighted by Gasteiger charge is 2.17. The lowest BCUT2D eigenvalue weighted by molar-refractivity contribution is 0.272. The quantitative estimate of drug-likeness (QED) is 0.494. The van der Waals surface area contributed by atoms with Crippen LogP contribution >= 0.6 is 23.2 Å². The van der Waals surface area contributed by atoms with Crippen LogP contribution in [0, 0.1) is 6.92 Å². The number of halogens is 2. The number of rotatable bonds is 4. The number of hydrogen-bond acceptors (Lipinski definition) is 4. The highest BCUT2D eigenvalue weighted by Crippen LogP contribution is 2.27. The molecule has 0 aliphatic rings. The van der Waals surface area contributed by atoms with Gasteiger partial charge in [-0.3, -0.25) is 0 Å². The van der Waals surface area contributed by atoms with Crippen molar-refractivity contribution in [2.24, 2.45) is 0 Å². The molecule has 0 saturated heterocycles. The Labute approximate surface area is 153 Å². The molecule has 4 rings (SSSR count). The van der Waals surface area contributed by atoms with Crippen molar-refractivity contribution in [1.82, 2.24) is 14.6 Å². The summed E-state index contributed by atoms with van der Waals surface area (Å²) in [6.07, 6.45) is 0. The minimum absolute atomic E-state index is 0.278. The molecule has 0 aliphatic carbocycles. The fourth-order valence-corrected chi connectivity index (χ4v) is 2.80. The van der Waals surface area contributed by atoms with Crippen LogP contribution in [0.2, 0.25) is 10.0 Å². The van der Waals surface area contributed by atoms with Crippen molar-refractivity contribution in [3.05, 3.63) is 70.0 Å². The predicted octanol–water partition coefficient (Wildman–Crippen LogP) is 5.18. The summed E-state index contributed by atoms with van der Waals surface area (Å²) >= 11 is 12.1. The largest absolute Gasteiger partial charge is 0.486 e. The van der Waals surface area contributed by atoms with Gasteiger partial charge in [0, 0.05) is 10.6 Å². The molecule has 0 N–H and O–H groups in total. The number of fused-ring (bicyclic) bond motifs is 1. The fraction of sp³-hybridized carbons (Fsp3) is 0.111. The SMILES string of the molecule is Cc1c(COc2ccc(Cl)cc2)oc2nc(-c3ccccc3Cl)nn12. The Morgan fingerprint density at radius 1 is 1.08 bits per heavy atom. The summed E-state index contributed by atoms with van der Waals surface area (Å²) in [5.41, 5.74) is 1.59. The summed E-state index contributed by atoms with van der Waals surface area (Å²) in [5.74, 6) is 2.30. The summed E-state index contributed by atoms with van der Waals surface area (Å²) in [7, 11) is 0. The normalized spacial score (nSPS) is 11.2. The molecule has 0 fully saturated rings. The third kappa shape index (κ3) is 3.08. The van der Waals surface area contributed by atoms with E-state index in [1.54, 1.807) is 34.8 Å². The number of benzene rings is 2. The van der Waals surface area contributed by atoms with Gasteiger partial charge in [-0.05, 0) is 43.3 Å². The lowest BCUT2D eigenvalue weighted by Gasteiger charge is -2.04. The minimum Gasteiger partial charge on any atom is -0.486 e. The summed E-state index contributed by atoms with van der Waals surface area (Å²) in [4.78, 5) is 4.42. The standard InChI is InChI=1S/C18H13Cl2N3O2/c1-11-16(10-24-13-8-6-12(19)7-9-13)25-18-21-17(22-23(11)18)14-4-2-3-5-15(14)20/h2-9H,10H2,1H3. The molecule has 0 amide bonds. The molecule has 0 atom stereocenters. The van der Waals surface area contributed by atoms with E-state index in [0.29, 0.717) is 33.2 Å². The monoisotopic (exact) mass is 373 g/mol. The van der Waals surface area contributed by atoms with Crippen molar-refractivity contribution in [2.75, 3.05) is 0 Å². The average molecular weight is 374 g/mol. The predicted molar refractivity (Wildman–Crippen MR) is 96.2 cm³/mol. The molecule has 0 unspecified atom stereocenters. The fourth-order valence-electron chi connectivity index (χ4n) is 2.45. The van der Waals surface area contributed by atoms with Crippen LogP contribution in [0.25, 0.3) is 17.2 Å². The second kappa shape index (κ2) is 6.43. The highest BCUT2D eigenvalue weighted by molar-refractivity contribution is 6.33. The minimum atomic E-state index is 0.278. The summed E-state index contributed by atoms with van der Waals surface area (Å²) in [5, 5.41) is 5.75. The third-order valence-electron chi connectivity index (χ3n) is 3.81. The van der Waals surface area contributed by atoms with E-state index in [4.69, 9.17) is 32.4 Å². The Kier molecular flexibility index (Phi) is 4.11. The summed E-state index contributed by atoms with van der Waals surface area (Å²) in [6, 6.07) is 14.6. The van der Waals surface area contributed by atoms with Crippen molar-refractivity contribution in [1.29, 1.82) is 0 Å². The van der Waals surface area contributed by atoms with E-state index in [9.17, 15) is 0 Å². The van der Waals surface area contributed by atoms with Crippen LogP contribution in [0.15, 0.2) is 52.9 Å². The zero-order chi connectivity index (χ0) is 17.4. The second-order valence-corrected chi connectivity index (χ2v) is 6.31. The van der Waals surface area contributed by atoms with Crippen LogP contribution in [-0.2, 0) is 6.61 Å². The Balaban J connectivity index is 1.60. The molecule has 0 saturated carbocycles. The maximum atomic E-state index is 6.20. The maximum Gasteiger partial charge on any atom is 0.325 e. The number of ether oxygens (including phenoxy) is 1. The van der Waals surface area contributed by atoms with E-state index < -0.39 is 0 Å². The van der Waals surface area contributed by atoms with Crippen LogP contribution in [0.3, 0.4) is 0 Å². The van der Waals surface area contributed by atoms with Crippen molar-refractivity contribution < 1.29 is 9.15 Å². The van der Waals surface area contributed by atoms with Gasteiger partial charge in [-0.2, -0.15) is 9.50 Å². The van der Waals surface area contributed by atoms with Gasteiger partial charge in [0.25, 0.3) is 0 Å². The average Bonchev–Trinajstić information content (AvgIpc) is 3.14. The third-order valence-corrected chi connectivity index (χ3v) is 4.39. The lowest BCUT2D eigenvalue weighted by atomic mass is 10.2. The van der Waals surface area contributed by atoms with Crippen molar-refractivity contribution in [3.63, 3.8) is 0 Å².